The van der Waals surface area contributed by atoms with Crippen molar-refractivity contribution in [1.29, 1.82) is 0 Å². The van der Waals surface area contributed by atoms with Gasteiger partial charge in [0.1, 0.15) is 28.6 Å². The van der Waals surface area contributed by atoms with Gasteiger partial charge < -0.3 is 10.1 Å². The molecule has 0 radical (unpaired) electrons. The SMILES string of the molecule is O=C1O[C@]2(CC[C@H](CNc3ccc(-c4cnccn4)nn3)CC2)CN1c1ccccn1. The minimum absolute atomic E-state index is 0.297. The van der Waals surface area contributed by atoms with Crippen LogP contribution in [0.4, 0.5) is 16.4 Å². The lowest BCUT2D eigenvalue weighted by Gasteiger charge is -2.35. The average Bonchev–Trinajstić information content (AvgIpc) is 3.16. The van der Waals surface area contributed by atoms with Crippen LogP contribution in [0.3, 0.4) is 0 Å². The summed E-state index contributed by atoms with van der Waals surface area (Å²) in [6.45, 7) is 1.38. The van der Waals surface area contributed by atoms with Gasteiger partial charge in [0.15, 0.2) is 0 Å². The normalized spacial score (nSPS) is 23.0. The number of anilines is 2. The molecule has 0 bridgehead atoms. The average molecular weight is 417 g/mol. The quantitative estimate of drug-likeness (QED) is 0.674. The summed E-state index contributed by atoms with van der Waals surface area (Å²) in [7, 11) is 0. The van der Waals surface area contributed by atoms with Gasteiger partial charge >= 0.3 is 6.09 Å². The zero-order valence-corrected chi connectivity index (χ0v) is 17.0. The number of carbonyl (C=O) groups excluding carboxylic acids is 1. The molecule has 2 fully saturated rings. The highest BCUT2D eigenvalue weighted by molar-refractivity contribution is 5.89. The molecule has 9 nitrogen and oxygen atoms in total. The summed E-state index contributed by atoms with van der Waals surface area (Å²) in [5.41, 5.74) is 0.993. The molecule has 0 aromatic carbocycles. The third-order valence-electron chi connectivity index (χ3n) is 5.97. The first kappa shape index (κ1) is 19.3. The van der Waals surface area contributed by atoms with Crippen LogP contribution >= 0.6 is 0 Å². The lowest BCUT2D eigenvalue weighted by atomic mass is 9.78. The molecule has 0 atom stereocenters. The first-order valence-electron chi connectivity index (χ1n) is 10.5. The predicted octanol–water partition coefficient (Wildman–Crippen LogP) is 3.33. The van der Waals surface area contributed by atoms with E-state index in [1.54, 1.807) is 29.7 Å². The van der Waals surface area contributed by atoms with Crippen LogP contribution in [-0.2, 0) is 4.74 Å². The van der Waals surface area contributed by atoms with E-state index in [1.807, 2.05) is 30.3 Å². The number of carbonyl (C=O) groups is 1. The molecule has 1 amide bonds. The van der Waals surface area contributed by atoms with Gasteiger partial charge in [0.2, 0.25) is 0 Å². The first-order chi connectivity index (χ1) is 15.2. The molecule has 2 aliphatic rings. The van der Waals surface area contributed by atoms with Crippen LogP contribution in [0, 0.1) is 5.92 Å². The van der Waals surface area contributed by atoms with Crippen molar-refractivity contribution in [1.82, 2.24) is 25.1 Å². The Bertz CT molecular complexity index is 1020. The minimum atomic E-state index is -0.400. The molecule has 1 saturated heterocycles. The van der Waals surface area contributed by atoms with Gasteiger partial charge in [-0.15, -0.1) is 10.2 Å². The van der Waals surface area contributed by atoms with Gasteiger partial charge in [-0.3, -0.25) is 14.9 Å². The van der Waals surface area contributed by atoms with Crippen LogP contribution in [0.2, 0.25) is 0 Å². The molecular formula is C22H23N7O2. The van der Waals surface area contributed by atoms with Gasteiger partial charge in [0.25, 0.3) is 0 Å². The third kappa shape index (κ3) is 4.16. The zero-order chi connectivity index (χ0) is 21.1. The summed E-state index contributed by atoms with van der Waals surface area (Å²) >= 11 is 0. The highest BCUT2D eigenvalue weighted by Crippen LogP contribution is 2.40. The van der Waals surface area contributed by atoms with E-state index in [0.717, 1.165) is 38.0 Å². The van der Waals surface area contributed by atoms with E-state index in [1.165, 1.54) is 0 Å². The maximum absolute atomic E-state index is 12.4. The second-order valence-corrected chi connectivity index (χ2v) is 8.04. The molecule has 1 saturated carbocycles. The molecule has 1 spiro atoms. The number of pyridine rings is 1. The van der Waals surface area contributed by atoms with Crippen LogP contribution < -0.4 is 10.2 Å². The fourth-order valence-electron chi connectivity index (χ4n) is 4.22. The number of nitrogens with zero attached hydrogens (tertiary/aromatic N) is 6. The summed E-state index contributed by atoms with van der Waals surface area (Å²) in [4.78, 5) is 26.6. The Morgan fingerprint density at radius 2 is 1.94 bits per heavy atom. The standard InChI is InChI=1S/C22H23N7O2/c30-21-29(20-3-1-2-10-25-20)15-22(31-21)8-6-16(7-9-22)13-26-19-5-4-17(27-28-19)18-14-23-11-12-24-18/h1-5,10-12,14,16H,6-9,13,15H2,(H,26,28)/t16-,22-. The van der Waals surface area contributed by atoms with Crippen LogP contribution in [0.5, 0.6) is 0 Å². The summed E-state index contributed by atoms with van der Waals surface area (Å²) < 4.78 is 5.82. The molecule has 5 rings (SSSR count). The predicted molar refractivity (Wildman–Crippen MR) is 114 cm³/mol. The summed E-state index contributed by atoms with van der Waals surface area (Å²) in [6.07, 6.45) is 10.0. The number of aromatic nitrogens is 5. The van der Waals surface area contributed by atoms with Gasteiger partial charge in [0, 0.05) is 25.1 Å². The minimum Gasteiger partial charge on any atom is -0.441 e. The molecular weight excluding hydrogens is 394 g/mol. The molecule has 4 heterocycles. The topological polar surface area (TPSA) is 106 Å². The fourth-order valence-corrected chi connectivity index (χ4v) is 4.22. The molecule has 0 unspecified atom stereocenters. The van der Waals surface area contributed by atoms with Gasteiger partial charge in [-0.05, 0) is 55.9 Å². The first-order valence-corrected chi connectivity index (χ1v) is 10.5. The molecule has 9 heteroatoms. The number of rotatable bonds is 5. The van der Waals surface area contributed by atoms with E-state index >= 15 is 0 Å². The Labute approximate surface area is 179 Å². The molecule has 1 aliphatic heterocycles. The van der Waals surface area contributed by atoms with Crippen LogP contribution in [0.25, 0.3) is 11.4 Å². The lowest BCUT2D eigenvalue weighted by Crippen LogP contribution is -2.39. The Balaban J connectivity index is 1.14. The van der Waals surface area contributed by atoms with Crippen LogP contribution in [-0.4, -0.2) is 49.9 Å². The summed E-state index contributed by atoms with van der Waals surface area (Å²) in [6, 6.07) is 9.36. The molecule has 3 aromatic rings. The second-order valence-electron chi connectivity index (χ2n) is 8.04. The number of ether oxygens (including phenoxy) is 1. The van der Waals surface area contributed by atoms with Crippen molar-refractivity contribution in [2.24, 2.45) is 5.92 Å². The lowest BCUT2D eigenvalue weighted by molar-refractivity contribution is 0.0148. The van der Waals surface area contributed by atoms with Crippen molar-refractivity contribution in [2.75, 3.05) is 23.3 Å². The summed E-state index contributed by atoms with van der Waals surface area (Å²) in [5.74, 6) is 1.88. The second kappa shape index (κ2) is 8.25. The van der Waals surface area contributed by atoms with E-state index in [9.17, 15) is 4.79 Å². The van der Waals surface area contributed by atoms with Crippen LogP contribution in [0.1, 0.15) is 25.7 Å². The number of nitrogens with one attached hydrogen (secondary N) is 1. The highest BCUT2D eigenvalue weighted by Gasteiger charge is 2.47. The Morgan fingerprint density at radius 3 is 2.65 bits per heavy atom. The van der Waals surface area contributed by atoms with Crippen molar-refractivity contribution < 1.29 is 9.53 Å². The van der Waals surface area contributed by atoms with E-state index in [4.69, 9.17) is 4.74 Å². The maximum Gasteiger partial charge on any atom is 0.416 e. The monoisotopic (exact) mass is 417 g/mol. The molecule has 31 heavy (non-hydrogen) atoms. The van der Waals surface area contributed by atoms with Crippen molar-refractivity contribution in [3.63, 3.8) is 0 Å². The largest absolute Gasteiger partial charge is 0.441 e. The highest BCUT2D eigenvalue weighted by atomic mass is 16.6. The van der Waals surface area contributed by atoms with E-state index in [2.05, 4.69) is 30.5 Å². The smallest absolute Gasteiger partial charge is 0.416 e. The van der Waals surface area contributed by atoms with Gasteiger partial charge in [-0.1, -0.05) is 6.07 Å². The van der Waals surface area contributed by atoms with Gasteiger partial charge in [0.05, 0.1) is 12.7 Å². The van der Waals surface area contributed by atoms with Crippen molar-refractivity contribution in [3.05, 3.63) is 55.1 Å². The fraction of sp³-hybridized carbons (Fsp3) is 0.364. The van der Waals surface area contributed by atoms with Crippen molar-refractivity contribution in [3.8, 4) is 11.4 Å². The van der Waals surface area contributed by atoms with Gasteiger partial charge in [-0.25, -0.2) is 9.78 Å². The Hall–Kier alpha value is -3.62. The molecule has 1 N–H and O–H groups in total. The number of amides is 1. The Morgan fingerprint density at radius 1 is 1.03 bits per heavy atom. The molecule has 3 aromatic heterocycles. The summed E-state index contributed by atoms with van der Waals surface area (Å²) in [5, 5.41) is 11.9. The number of hydrogen-bond acceptors (Lipinski definition) is 8. The molecule has 1 aliphatic carbocycles. The maximum atomic E-state index is 12.4. The van der Waals surface area contributed by atoms with E-state index in [-0.39, 0.29) is 6.09 Å². The van der Waals surface area contributed by atoms with Crippen LogP contribution in [0.15, 0.2) is 55.1 Å². The Kier molecular flexibility index (Phi) is 5.15. The zero-order valence-electron chi connectivity index (χ0n) is 17.0. The van der Waals surface area contributed by atoms with Crippen molar-refractivity contribution >= 4 is 17.7 Å². The van der Waals surface area contributed by atoms with E-state index < -0.39 is 5.60 Å². The third-order valence-corrected chi connectivity index (χ3v) is 5.97. The number of hydrogen-bond donors (Lipinski definition) is 1. The van der Waals surface area contributed by atoms with Crippen molar-refractivity contribution in [2.45, 2.75) is 31.3 Å². The molecule has 158 valence electrons. The van der Waals surface area contributed by atoms with Gasteiger partial charge in [-0.2, -0.15) is 0 Å². The van der Waals surface area contributed by atoms with E-state index in [0.29, 0.717) is 29.7 Å².